The quantitative estimate of drug-likeness (QED) is 0.860. The summed E-state index contributed by atoms with van der Waals surface area (Å²) in [7, 11) is -3.67. The number of aryl methyl sites for hydroxylation is 4. The Balaban J connectivity index is 1.93. The molecule has 0 aromatic heterocycles. The van der Waals surface area contributed by atoms with Crippen LogP contribution in [0.25, 0.3) is 0 Å². The smallest absolute Gasteiger partial charge is 0.262 e. The number of rotatable bonds is 4. The molecule has 1 heterocycles. The summed E-state index contributed by atoms with van der Waals surface area (Å²) in [5.41, 5.74) is 5.15. The molecule has 1 aliphatic rings. The lowest BCUT2D eigenvalue weighted by Crippen LogP contribution is -2.34. The third kappa shape index (κ3) is 3.86. The first-order valence-electron chi connectivity index (χ1n) is 9.27. The van der Waals surface area contributed by atoms with Crippen LogP contribution in [0.15, 0.2) is 35.2 Å². The molecule has 0 fully saturated rings. The molecule has 1 aliphatic heterocycles. The van der Waals surface area contributed by atoms with Crippen LogP contribution in [0.5, 0.6) is 0 Å². The van der Waals surface area contributed by atoms with Gasteiger partial charge in [-0.3, -0.25) is 9.52 Å². The topological polar surface area (TPSA) is 66.5 Å². The van der Waals surface area contributed by atoms with Crippen molar-refractivity contribution in [3.8, 4) is 0 Å². The number of sulfonamides is 1. The van der Waals surface area contributed by atoms with Crippen LogP contribution in [-0.4, -0.2) is 20.9 Å². The van der Waals surface area contributed by atoms with Gasteiger partial charge in [0.1, 0.15) is 0 Å². The van der Waals surface area contributed by atoms with Crippen LogP contribution in [0.2, 0.25) is 0 Å². The van der Waals surface area contributed by atoms with Crippen LogP contribution in [0.4, 0.5) is 11.4 Å². The van der Waals surface area contributed by atoms with Crippen molar-refractivity contribution in [3.63, 3.8) is 0 Å². The van der Waals surface area contributed by atoms with E-state index in [0.717, 1.165) is 40.8 Å². The Morgan fingerprint density at radius 1 is 1.07 bits per heavy atom. The maximum Gasteiger partial charge on any atom is 0.262 e. The second-order valence-corrected chi connectivity index (χ2v) is 8.80. The van der Waals surface area contributed by atoms with Gasteiger partial charge in [-0.15, -0.1) is 0 Å². The first kappa shape index (κ1) is 19.4. The molecule has 0 bridgehead atoms. The van der Waals surface area contributed by atoms with Crippen molar-refractivity contribution in [1.82, 2.24) is 0 Å². The van der Waals surface area contributed by atoms with E-state index in [4.69, 9.17) is 0 Å². The Labute approximate surface area is 161 Å². The zero-order valence-electron chi connectivity index (χ0n) is 16.3. The average molecular weight is 387 g/mol. The van der Waals surface area contributed by atoms with Crippen molar-refractivity contribution < 1.29 is 13.2 Å². The Bertz CT molecular complexity index is 997. The highest BCUT2D eigenvalue weighted by Gasteiger charge is 2.23. The lowest BCUT2D eigenvalue weighted by molar-refractivity contribution is -0.118. The van der Waals surface area contributed by atoms with Crippen LogP contribution >= 0.6 is 0 Å². The number of benzene rings is 2. The zero-order valence-corrected chi connectivity index (χ0v) is 17.1. The predicted octanol–water partition coefficient (Wildman–Crippen LogP) is 4.10. The standard InChI is InChI=1S/C21H26N2O3S/c1-5-21(24)23-10-6-7-17-13-18(8-9-19(17)23)22-27(25,26)20-12-15(3)14(2)11-16(20)4/h8-9,11-13,22H,5-7,10H2,1-4H3. The molecule has 0 radical (unpaired) electrons. The number of hydrogen-bond donors (Lipinski definition) is 1. The molecule has 0 unspecified atom stereocenters. The van der Waals surface area contributed by atoms with Gasteiger partial charge in [0.05, 0.1) is 4.90 Å². The number of nitrogens with one attached hydrogen (secondary N) is 1. The number of carbonyl (C=O) groups is 1. The number of carbonyl (C=O) groups excluding carboxylic acids is 1. The highest BCUT2D eigenvalue weighted by molar-refractivity contribution is 7.92. The van der Waals surface area contributed by atoms with E-state index in [9.17, 15) is 13.2 Å². The van der Waals surface area contributed by atoms with Gasteiger partial charge in [-0.1, -0.05) is 13.0 Å². The van der Waals surface area contributed by atoms with Crippen LogP contribution < -0.4 is 9.62 Å². The van der Waals surface area contributed by atoms with Gasteiger partial charge >= 0.3 is 0 Å². The van der Waals surface area contributed by atoms with Gasteiger partial charge < -0.3 is 4.90 Å². The predicted molar refractivity (Wildman–Crippen MR) is 109 cm³/mol. The molecule has 0 saturated heterocycles. The summed E-state index contributed by atoms with van der Waals surface area (Å²) in [6, 6.07) is 9.03. The SMILES string of the molecule is CCC(=O)N1CCCc2cc(NS(=O)(=O)c3cc(C)c(C)cc3C)ccc21. The van der Waals surface area contributed by atoms with E-state index in [-0.39, 0.29) is 5.91 Å². The first-order valence-corrected chi connectivity index (χ1v) is 10.7. The molecule has 6 heteroatoms. The fourth-order valence-corrected chi connectivity index (χ4v) is 4.91. The van der Waals surface area contributed by atoms with Crippen LogP contribution in [0.1, 0.15) is 42.0 Å². The molecule has 2 aromatic rings. The number of hydrogen-bond acceptors (Lipinski definition) is 3. The Morgan fingerprint density at radius 2 is 1.78 bits per heavy atom. The van der Waals surface area contributed by atoms with Gasteiger partial charge in [0.2, 0.25) is 5.91 Å². The molecule has 2 aromatic carbocycles. The summed E-state index contributed by atoms with van der Waals surface area (Å²) in [6.07, 6.45) is 2.17. The molecule has 1 N–H and O–H groups in total. The van der Waals surface area contributed by atoms with Crippen molar-refractivity contribution in [2.75, 3.05) is 16.2 Å². The monoisotopic (exact) mass is 386 g/mol. The van der Waals surface area contributed by atoms with E-state index >= 15 is 0 Å². The Morgan fingerprint density at radius 3 is 2.48 bits per heavy atom. The van der Waals surface area contributed by atoms with E-state index < -0.39 is 10.0 Å². The summed E-state index contributed by atoms with van der Waals surface area (Å²) in [5, 5.41) is 0. The van der Waals surface area contributed by atoms with Crippen molar-refractivity contribution in [1.29, 1.82) is 0 Å². The van der Waals surface area contributed by atoms with E-state index in [0.29, 0.717) is 23.5 Å². The minimum absolute atomic E-state index is 0.0926. The molecule has 0 spiro atoms. The van der Waals surface area contributed by atoms with Crippen molar-refractivity contribution >= 4 is 27.3 Å². The lowest BCUT2D eigenvalue weighted by Gasteiger charge is -2.29. The second-order valence-electron chi connectivity index (χ2n) is 7.15. The van der Waals surface area contributed by atoms with Crippen LogP contribution in [0.3, 0.4) is 0 Å². The van der Waals surface area contributed by atoms with Gasteiger partial charge in [0, 0.05) is 24.3 Å². The molecule has 0 saturated carbocycles. The summed E-state index contributed by atoms with van der Waals surface area (Å²) < 4.78 is 28.5. The zero-order chi connectivity index (χ0) is 19.8. The molecule has 3 rings (SSSR count). The third-order valence-corrected chi connectivity index (χ3v) is 6.66. The van der Waals surface area contributed by atoms with Crippen LogP contribution in [0, 0.1) is 20.8 Å². The van der Waals surface area contributed by atoms with E-state index in [1.807, 2.05) is 45.9 Å². The molecular weight excluding hydrogens is 360 g/mol. The molecule has 0 aliphatic carbocycles. The summed E-state index contributed by atoms with van der Waals surface area (Å²) in [6.45, 7) is 8.25. The van der Waals surface area contributed by atoms with Gasteiger partial charge in [-0.2, -0.15) is 0 Å². The second kappa shape index (κ2) is 7.35. The van der Waals surface area contributed by atoms with Crippen molar-refractivity contribution in [3.05, 3.63) is 52.6 Å². The maximum absolute atomic E-state index is 12.9. The number of fused-ring (bicyclic) bond motifs is 1. The minimum atomic E-state index is -3.67. The van der Waals surface area contributed by atoms with Crippen LogP contribution in [-0.2, 0) is 21.2 Å². The Kier molecular flexibility index (Phi) is 5.29. The molecule has 27 heavy (non-hydrogen) atoms. The van der Waals surface area contributed by atoms with Crippen molar-refractivity contribution in [2.45, 2.75) is 51.9 Å². The molecule has 5 nitrogen and oxygen atoms in total. The molecule has 0 atom stereocenters. The van der Waals surface area contributed by atoms with E-state index in [1.54, 1.807) is 17.0 Å². The minimum Gasteiger partial charge on any atom is -0.312 e. The highest BCUT2D eigenvalue weighted by atomic mass is 32.2. The van der Waals surface area contributed by atoms with Gasteiger partial charge in [0.25, 0.3) is 10.0 Å². The summed E-state index contributed by atoms with van der Waals surface area (Å²) in [5.74, 6) is 0.0926. The van der Waals surface area contributed by atoms with Gasteiger partial charge in [-0.05, 0) is 80.1 Å². The van der Waals surface area contributed by atoms with Gasteiger partial charge in [-0.25, -0.2) is 8.42 Å². The summed E-state index contributed by atoms with van der Waals surface area (Å²) >= 11 is 0. The number of amides is 1. The molecular formula is C21H26N2O3S. The maximum atomic E-state index is 12.9. The fourth-order valence-electron chi connectivity index (χ4n) is 3.54. The lowest BCUT2D eigenvalue weighted by atomic mass is 10.0. The average Bonchev–Trinajstić information content (AvgIpc) is 2.62. The number of nitrogens with zero attached hydrogens (tertiary/aromatic N) is 1. The van der Waals surface area contributed by atoms with Crippen molar-refractivity contribution in [2.24, 2.45) is 0 Å². The largest absolute Gasteiger partial charge is 0.312 e. The highest BCUT2D eigenvalue weighted by Crippen LogP contribution is 2.31. The first-order chi connectivity index (χ1) is 12.7. The van der Waals surface area contributed by atoms with E-state index in [1.165, 1.54) is 0 Å². The Hall–Kier alpha value is -2.34. The normalized spacial score (nSPS) is 14.0. The van der Waals surface area contributed by atoms with E-state index in [2.05, 4.69) is 4.72 Å². The van der Waals surface area contributed by atoms with Gasteiger partial charge in [0.15, 0.2) is 0 Å². The fraction of sp³-hybridized carbons (Fsp3) is 0.381. The molecule has 144 valence electrons. The summed E-state index contributed by atoms with van der Waals surface area (Å²) in [4.78, 5) is 14.2. The number of anilines is 2. The third-order valence-electron chi connectivity index (χ3n) is 5.13. The molecule has 1 amide bonds.